The minimum atomic E-state index is -0.801. The molecule has 0 aliphatic carbocycles. The minimum Gasteiger partial charge on any atom is -0.508 e. The van der Waals surface area contributed by atoms with Crippen LogP contribution in [0, 0.1) is 11.6 Å². The van der Waals surface area contributed by atoms with Gasteiger partial charge in [0.15, 0.2) is 11.6 Å². The molecule has 25 heavy (non-hydrogen) atoms. The Labute approximate surface area is 145 Å². The highest BCUT2D eigenvalue weighted by atomic mass is 32.2. The van der Waals surface area contributed by atoms with Gasteiger partial charge in [0.05, 0.1) is 11.4 Å². The summed E-state index contributed by atoms with van der Waals surface area (Å²) in [6.45, 7) is -0.323. The summed E-state index contributed by atoms with van der Waals surface area (Å²) in [7, 11) is 0. The number of rotatable bonds is 3. The van der Waals surface area contributed by atoms with Crippen LogP contribution in [0.5, 0.6) is 11.5 Å². The number of phenols is 2. The van der Waals surface area contributed by atoms with E-state index in [4.69, 9.17) is 0 Å². The summed E-state index contributed by atoms with van der Waals surface area (Å²) in [6.07, 6.45) is 1.34. The number of thioether (sulfide) groups is 1. The molecule has 1 aliphatic rings. The number of halogens is 2. The molecule has 0 unspecified atom stereocenters. The van der Waals surface area contributed by atoms with E-state index in [1.807, 2.05) is 0 Å². The van der Waals surface area contributed by atoms with Crippen molar-refractivity contribution in [2.75, 3.05) is 0 Å². The van der Waals surface area contributed by atoms with Gasteiger partial charge in [-0.3, -0.25) is 14.5 Å². The highest BCUT2D eigenvalue weighted by molar-refractivity contribution is 8.18. The summed E-state index contributed by atoms with van der Waals surface area (Å²) in [5, 5.41) is 18.2. The molecule has 8 heteroatoms. The normalized spacial score (nSPS) is 16.1. The first-order chi connectivity index (χ1) is 11.8. The summed E-state index contributed by atoms with van der Waals surface area (Å²) in [6, 6.07) is 6.85. The van der Waals surface area contributed by atoms with Crippen molar-refractivity contribution in [3.8, 4) is 11.5 Å². The molecule has 2 aromatic carbocycles. The molecule has 0 bridgehead atoms. The van der Waals surface area contributed by atoms with Gasteiger partial charge in [-0.1, -0.05) is 6.07 Å². The monoisotopic (exact) mass is 363 g/mol. The molecule has 2 amide bonds. The fourth-order valence-electron chi connectivity index (χ4n) is 2.26. The molecule has 5 nitrogen and oxygen atoms in total. The second-order valence-corrected chi connectivity index (χ2v) is 6.25. The zero-order chi connectivity index (χ0) is 18.1. The van der Waals surface area contributed by atoms with Crippen molar-refractivity contribution in [3.05, 3.63) is 64.1 Å². The highest BCUT2D eigenvalue weighted by Crippen LogP contribution is 2.34. The lowest BCUT2D eigenvalue weighted by atomic mass is 10.1. The Morgan fingerprint density at radius 3 is 2.48 bits per heavy atom. The fourth-order valence-corrected chi connectivity index (χ4v) is 3.10. The lowest BCUT2D eigenvalue weighted by molar-refractivity contribution is -0.123. The zero-order valence-corrected chi connectivity index (χ0v) is 13.4. The SMILES string of the molecule is O=C1S/C(=C\c2ccc(F)c(O)c2)C(=O)N1Cc1cc(O)ccc1F. The Morgan fingerprint density at radius 1 is 1.04 bits per heavy atom. The summed E-state index contributed by atoms with van der Waals surface area (Å²) in [5.41, 5.74) is 0.343. The third kappa shape index (κ3) is 3.48. The number of aromatic hydroxyl groups is 2. The number of carbonyl (C=O) groups excluding carboxylic acids is 2. The molecular weight excluding hydrogens is 352 g/mol. The highest BCUT2D eigenvalue weighted by Gasteiger charge is 2.35. The molecule has 2 N–H and O–H groups in total. The van der Waals surface area contributed by atoms with Crippen LogP contribution in [0.2, 0.25) is 0 Å². The number of hydrogen-bond acceptors (Lipinski definition) is 5. The molecule has 128 valence electrons. The van der Waals surface area contributed by atoms with E-state index >= 15 is 0 Å². The van der Waals surface area contributed by atoms with Gasteiger partial charge in [0.25, 0.3) is 11.1 Å². The minimum absolute atomic E-state index is 0.00276. The van der Waals surface area contributed by atoms with Crippen molar-refractivity contribution < 1.29 is 28.6 Å². The Hall–Kier alpha value is -2.87. The first-order valence-electron chi connectivity index (χ1n) is 7.06. The molecule has 1 fully saturated rings. The van der Waals surface area contributed by atoms with Gasteiger partial charge in [-0.05, 0) is 53.7 Å². The van der Waals surface area contributed by atoms with Gasteiger partial charge < -0.3 is 10.2 Å². The first-order valence-corrected chi connectivity index (χ1v) is 7.88. The van der Waals surface area contributed by atoms with E-state index < -0.39 is 28.5 Å². The van der Waals surface area contributed by atoms with Gasteiger partial charge in [-0.25, -0.2) is 8.78 Å². The third-order valence-corrected chi connectivity index (χ3v) is 4.41. The van der Waals surface area contributed by atoms with Crippen molar-refractivity contribution in [3.63, 3.8) is 0 Å². The third-order valence-electron chi connectivity index (χ3n) is 3.50. The number of amides is 2. The maximum absolute atomic E-state index is 13.8. The summed E-state index contributed by atoms with van der Waals surface area (Å²) in [5.74, 6) is -2.84. The average molecular weight is 363 g/mol. The van der Waals surface area contributed by atoms with Gasteiger partial charge in [0.2, 0.25) is 0 Å². The molecule has 1 heterocycles. The van der Waals surface area contributed by atoms with Crippen LogP contribution in [0.4, 0.5) is 13.6 Å². The van der Waals surface area contributed by atoms with Crippen LogP contribution in [-0.2, 0) is 11.3 Å². The number of carbonyl (C=O) groups is 2. The molecule has 0 spiro atoms. The van der Waals surface area contributed by atoms with Crippen LogP contribution in [-0.4, -0.2) is 26.3 Å². The lowest BCUT2D eigenvalue weighted by Crippen LogP contribution is -2.27. The lowest BCUT2D eigenvalue weighted by Gasteiger charge is -2.13. The van der Waals surface area contributed by atoms with E-state index in [0.29, 0.717) is 17.3 Å². The summed E-state index contributed by atoms with van der Waals surface area (Å²) >= 11 is 0.654. The van der Waals surface area contributed by atoms with Gasteiger partial charge in [0.1, 0.15) is 11.6 Å². The average Bonchev–Trinajstić information content (AvgIpc) is 2.82. The smallest absolute Gasteiger partial charge is 0.293 e. The molecule has 0 atom stereocenters. The second-order valence-electron chi connectivity index (χ2n) is 5.25. The Morgan fingerprint density at radius 2 is 1.76 bits per heavy atom. The van der Waals surface area contributed by atoms with Crippen LogP contribution in [0.15, 0.2) is 41.3 Å². The predicted molar refractivity (Wildman–Crippen MR) is 87.6 cm³/mol. The van der Waals surface area contributed by atoms with Crippen LogP contribution in [0.1, 0.15) is 11.1 Å². The molecule has 2 aromatic rings. The fraction of sp³-hybridized carbons (Fsp3) is 0.0588. The Kier molecular flexibility index (Phi) is 4.45. The predicted octanol–water partition coefficient (Wildman–Crippen LogP) is 3.61. The van der Waals surface area contributed by atoms with Gasteiger partial charge >= 0.3 is 0 Å². The largest absolute Gasteiger partial charge is 0.508 e. The number of hydrogen-bond donors (Lipinski definition) is 2. The van der Waals surface area contributed by atoms with Gasteiger partial charge in [-0.2, -0.15) is 0 Å². The molecule has 0 radical (unpaired) electrons. The zero-order valence-electron chi connectivity index (χ0n) is 12.6. The Bertz CT molecular complexity index is 914. The van der Waals surface area contributed by atoms with Gasteiger partial charge in [-0.15, -0.1) is 0 Å². The first kappa shape index (κ1) is 17.0. The number of imide groups is 1. The van der Waals surface area contributed by atoms with E-state index in [1.54, 1.807) is 0 Å². The molecule has 3 rings (SSSR count). The van der Waals surface area contributed by atoms with Gasteiger partial charge in [0, 0.05) is 5.56 Å². The van der Waals surface area contributed by atoms with Crippen LogP contribution < -0.4 is 0 Å². The van der Waals surface area contributed by atoms with E-state index in [-0.39, 0.29) is 22.8 Å². The molecular formula is C17H11F2NO4S. The maximum atomic E-state index is 13.8. The molecule has 0 saturated carbocycles. The molecule has 1 saturated heterocycles. The summed E-state index contributed by atoms with van der Waals surface area (Å²) in [4.78, 5) is 25.3. The van der Waals surface area contributed by atoms with Crippen LogP contribution in [0.3, 0.4) is 0 Å². The number of benzene rings is 2. The van der Waals surface area contributed by atoms with E-state index in [0.717, 1.165) is 35.2 Å². The van der Waals surface area contributed by atoms with E-state index in [1.165, 1.54) is 12.1 Å². The Balaban J connectivity index is 1.85. The standard InChI is InChI=1S/C17H11F2NO4S/c18-12-4-2-11(21)7-10(12)8-20-16(23)15(25-17(20)24)6-9-1-3-13(19)14(22)5-9/h1-7,21-22H,8H2/b15-6-. The van der Waals surface area contributed by atoms with Crippen LogP contribution in [0.25, 0.3) is 6.08 Å². The quantitative estimate of drug-likeness (QED) is 0.815. The van der Waals surface area contributed by atoms with Crippen LogP contribution >= 0.6 is 11.8 Å². The van der Waals surface area contributed by atoms with Crippen molar-refractivity contribution in [1.29, 1.82) is 0 Å². The number of phenolic OH excluding ortho intramolecular Hbond substituents is 2. The van der Waals surface area contributed by atoms with Crippen molar-refractivity contribution in [2.24, 2.45) is 0 Å². The maximum Gasteiger partial charge on any atom is 0.293 e. The summed E-state index contributed by atoms with van der Waals surface area (Å²) < 4.78 is 26.8. The topological polar surface area (TPSA) is 77.8 Å². The van der Waals surface area contributed by atoms with E-state index in [2.05, 4.69) is 0 Å². The second kappa shape index (κ2) is 6.56. The number of nitrogens with zero attached hydrogens (tertiary/aromatic N) is 1. The van der Waals surface area contributed by atoms with Crippen molar-refractivity contribution in [1.82, 2.24) is 4.90 Å². The van der Waals surface area contributed by atoms with E-state index in [9.17, 15) is 28.6 Å². The van der Waals surface area contributed by atoms with Crippen molar-refractivity contribution >= 4 is 29.0 Å². The molecule has 1 aliphatic heterocycles. The molecule has 0 aromatic heterocycles. The van der Waals surface area contributed by atoms with Crippen molar-refractivity contribution in [2.45, 2.75) is 6.54 Å².